The molecule has 1 aromatic carbocycles. The Morgan fingerprint density at radius 3 is 2.61 bits per heavy atom. The lowest BCUT2D eigenvalue weighted by atomic mass is 10.0. The third-order valence-electron chi connectivity index (χ3n) is 4.52. The van der Waals surface area contributed by atoms with Crippen molar-refractivity contribution in [2.45, 2.75) is 38.1 Å². The van der Waals surface area contributed by atoms with Crippen LogP contribution >= 0.6 is 0 Å². The Bertz CT molecular complexity index is 756. The zero-order chi connectivity index (χ0) is 20.4. The zero-order valence-corrected chi connectivity index (χ0v) is 15.9. The molecule has 1 aliphatic rings. The molecule has 7 nitrogen and oxygen atoms in total. The summed E-state index contributed by atoms with van der Waals surface area (Å²) >= 11 is 0. The Hall–Kier alpha value is -2.93. The minimum atomic E-state index is -0.687. The van der Waals surface area contributed by atoms with Crippen LogP contribution in [0, 0.1) is 5.41 Å². The molecule has 2 amide bonds. The van der Waals surface area contributed by atoms with Gasteiger partial charge in [0.05, 0.1) is 12.4 Å². The number of amides is 2. The average Bonchev–Trinajstić information content (AvgIpc) is 3.19. The lowest BCUT2D eigenvalue weighted by Gasteiger charge is -2.19. The number of allylic oxidation sites excluding steroid dienone is 3. The Kier molecular flexibility index (Phi) is 8.42. The van der Waals surface area contributed by atoms with Gasteiger partial charge >= 0.3 is 0 Å². The predicted molar refractivity (Wildman–Crippen MR) is 110 cm³/mol. The van der Waals surface area contributed by atoms with Crippen molar-refractivity contribution in [1.82, 2.24) is 10.6 Å². The van der Waals surface area contributed by atoms with E-state index in [1.54, 1.807) is 6.08 Å². The molecule has 0 aliphatic heterocycles. The number of rotatable bonds is 11. The van der Waals surface area contributed by atoms with Crippen molar-refractivity contribution in [3.8, 4) is 0 Å². The van der Waals surface area contributed by atoms with Gasteiger partial charge in [-0.3, -0.25) is 15.0 Å². The molecule has 150 valence electrons. The third-order valence-corrected chi connectivity index (χ3v) is 4.52. The number of carbonyl (C=O) groups is 2. The molecule has 28 heavy (non-hydrogen) atoms. The summed E-state index contributed by atoms with van der Waals surface area (Å²) in [5, 5.41) is 21.6. The normalized spacial score (nSPS) is 14.0. The van der Waals surface area contributed by atoms with Crippen molar-refractivity contribution in [3.05, 3.63) is 53.6 Å². The lowest BCUT2D eigenvalue weighted by Crippen LogP contribution is -2.47. The van der Waals surface area contributed by atoms with E-state index in [9.17, 15) is 9.59 Å². The molecule has 0 bridgehead atoms. The molecular formula is C21H28N4O3. The van der Waals surface area contributed by atoms with Gasteiger partial charge in [-0.05, 0) is 24.0 Å². The Labute approximate surface area is 165 Å². The number of nitrogens with one attached hydrogen (secondary N) is 3. The highest BCUT2D eigenvalue weighted by atomic mass is 16.3. The van der Waals surface area contributed by atoms with Gasteiger partial charge < -0.3 is 21.5 Å². The smallest absolute Gasteiger partial charge is 0.248 e. The van der Waals surface area contributed by atoms with Gasteiger partial charge in [0, 0.05) is 25.0 Å². The van der Waals surface area contributed by atoms with Gasteiger partial charge in [-0.2, -0.15) is 0 Å². The van der Waals surface area contributed by atoms with Gasteiger partial charge in [-0.1, -0.05) is 48.9 Å². The highest BCUT2D eigenvalue weighted by Crippen LogP contribution is 2.28. The standard InChI is InChI=1S/C21H28N4O3/c22-19(23)9-5-4-8-18(21(28)24-12-13-26)25-20(27)17-11-10-16(14-17)15-6-2-1-3-7-15/h1-3,6-7,10-11,18,26H,4-5,8-9,12-14H2,(H3,22,23)(H,24,28)(H,25,27). The number of aliphatic hydroxyl groups is 1. The van der Waals surface area contributed by atoms with E-state index in [2.05, 4.69) is 10.6 Å². The fraction of sp³-hybridized carbons (Fsp3) is 0.381. The second-order valence-electron chi connectivity index (χ2n) is 6.74. The molecule has 1 atom stereocenters. The minimum absolute atomic E-state index is 0.112. The van der Waals surface area contributed by atoms with E-state index in [1.807, 2.05) is 36.4 Å². The van der Waals surface area contributed by atoms with Crippen LogP contribution in [0.4, 0.5) is 0 Å². The van der Waals surface area contributed by atoms with Crippen LogP contribution in [-0.2, 0) is 9.59 Å². The summed E-state index contributed by atoms with van der Waals surface area (Å²) in [5.74, 6) is -0.473. The van der Waals surface area contributed by atoms with E-state index in [-0.39, 0.29) is 30.8 Å². The van der Waals surface area contributed by atoms with Crippen LogP contribution in [0.25, 0.3) is 5.57 Å². The van der Waals surface area contributed by atoms with E-state index in [0.29, 0.717) is 37.7 Å². The van der Waals surface area contributed by atoms with Crippen molar-refractivity contribution in [1.29, 1.82) is 5.41 Å². The lowest BCUT2D eigenvalue weighted by molar-refractivity contribution is -0.127. The maximum absolute atomic E-state index is 12.7. The van der Waals surface area contributed by atoms with Crippen LogP contribution in [-0.4, -0.2) is 41.9 Å². The highest BCUT2D eigenvalue weighted by Gasteiger charge is 2.23. The summed E-state index contributed by atoms with van der Waals surface area (Å²) in [6.07, 6.45) is 6.48. The Balaban J connectivity index is 1.91. The van der Waals surface area contributed by atoms with Crippen LogP contribution in [0.15, 0.2) is 48.1 Å². The van der Waals surface area contributed by atoms with Gasteiger partial charge in [-0.15, -0.1) is 0 Å². The first-order chi connectivity index (χ1) is 13.5. The average molecular weight is 384 g/mol. The summed E-state index contributed by atoms with van der Waals surface area (Å²) in [6.45, 7) is -0.0205. The van der Waals surface area contributed by atoms with Gasteiger partial charge in [0.25, 0.3) is 0 Å². The van der Waals surface area contributed by atoms with E-state index in [4.69, 9.17) is 16.2 Å². The summed E-state index contributed by atoms with van der Waals surface area (Å²) in [6, 6.07) is 9.17. The molecule has 7 heteroatoms. The first-order valence-electron chi connectivity index (χ1n) is 9.48. The number of hydrogen-bond acceptors (Lipinski definition) is 4. The molecule has 1 aromatic rings. The molecule has 0 spiro atoms. The predicted octanol–water partition coefficient (Wildman–Crippen LogP) is 1.49. The summed E-state index contributed by atoms with van der Waals surface area (Å²) in [7, 11) is 0. The quantitative estimate of drug-likeness (QED) is 0.225. The maximum atomic E-state index is 12.7. The second kappa shape index (κ2) is 11.0. The van der Waals surface area contributed by atoms with Crippen LogP contribution in [0.5, 0.6) is 0 Å². The van der Waals surface area contributed by atoms with Crippen LogP contribution in [0.3, 0.4) is 0 Å². The summed E-state index contributed by atoms with van der Waals surface area (Å²) in [4.78, 5) is 25.0. The number of hydrogen-bond donors (Lipinski definition) is 5. The van der Waals surface area contributed by atoms with Crippen molar-refractivity contribution >= 4 is 23.2 Å². The fourth-order valence-electron chi connectivity index (χ4n) is 3.02. The number of amidine groups is 1. The largest absolute Gasteiger partial charge is 0.395 e. The first kappa shape index (κ1) is 21.4. The van der Waals surface area contributed by atoms with E-state index < -0.39 is 6.04 Å². The number of aliphatic hydroxyl groups excluding tert-OH is 1. The van der Waals surface area contributed by atoms with E-state index >= 15 is 0 Å². The molecule has 2 rings (SSSR count). The second-order valence-corrected chi connectivity index (χ2v) is 6.74. The van der Waals surface area contributed by atoms with Crippen molar-refractivity contribution in [3.63, 3.8) is 0 Å². The Morgan fingerprint density at radius 2 is 1.93 bits per heavy atom. The van der Waals surface area contributed by atoms with Gasteiger partial charge in [-0.25, -0.2) is 0 Å². The van der Waals surface area contributed by atoms with Crippen molar-refractivity contribution < 1.29 is 14.7 Å². The number of unbranched alkanes of at least 4 members (excludes halogenated alkanes) is 1. The van der Waals surface area contributed by atoms with Crippen LogP contribution in [0.2, 0.25) is 0 Å². The maximum Gasteiger partial charge on any atom is 0.248 e. The SMILES string of the molecule is N=C(N)CCCCC(NC(=O)C1=CC=C(c2ccccc2)C1)C(=O)NCCO. The number of carbonyl (C=O) groups excluding carboxylic acids is 2. The molecular weight excluding hydrogens is 356 g/mol. The zero-order valence-electron chi connectivity index (χ0n) is 15.9. The van der Waals surface area contributed by atoms with Gasteiger partial charge in [0.2, 0.25) is 11.8 Å². The molecule has 0 radical (unpaired) electrons. The molecule has 0 fully saturated rings. The fourth-order valence-corrected chi connectivity index (χ4v) is 3.02. The third kappa shape index (κ3) is 6.66. The van der Waals surface area contributed by atoms with Gasteiger partial charge in [0.15, 0.2) is 0 Å². The van der Waals surface area contributed by atoms with Crippen molar-refractivity contribution in [2.75, 3.05) is 13.2 Å². The summed E-state index contributed by atoms with van der Waals surface area (Å²) < 4.78 is 0. The molecule has 1 unspecified atom stereocenters. The van der Waals surface area contributed by atoms with E-state index in [0.717, 1.165) is 11.1 Å². The molecule has 0 heterocycles. The molecule has 0 saturated heterocycles. The molecule has 1 aliphatic carbocycles. The first-order valence-corrected chi connectivity index (χ1v) is 9.48. The number of benzene rings is 1. The Morgan fingerprint density at radius 1 is 1.18 bits per heavy atom. The molecule has 6 N–H and O–H groups in total. The van der Waals surface area contributed by atoms with Gasteiger partial charge in [0.1, 0.15) is 6.04 Å². The minimum Gasteiger partial charge on any atom is -0.395 e. The highest BCUT2D eigenvalue weighted by molar-refractivity contribution is 6.00. The van der Waals surface area contributed by atoms with Crippen molar-refractivity contribution in [2.24, 2.45) is 5.73 Å². The van der Waals surface area contributed by atoms with E-state index in [1.165, 1.54) is 0 Å². The topological polar surface area (TPSA) is 128 Å². The monoisotopic (exact) mass is 384 g/mol. The molecule has 0 saturated carbocycles. The van der Waals surface area contributed by atoms with Crippen LogP contribution in [0.1, 0.15) is 37.7 Å². The summed E-state index contributed by atoms with van der Waals surface area (Å²) in [5.41, 5.74) is 8.10. The number of nitrogens with two attached hydrogens (primary N) is 1. The molecule has 0 aromatic heterocycles. The van der Waals surface area contributed by atoms with Crippen LogP contribution < -0.4 is 16.4 Å².